The molecular weight excluding hydrogens is 418 g/mol. The summed E-state index contributed by atoms with van der Waals surface area (Å²) in [5, 5.41) is 0. The molecule has 0 aliphatic heterocycles. The summed E-state index contributed by atoms with van der Waals surface area (Å²) in [5.41, 5.74) is 3.81. The minimum atomic E-state index is -0.311. The van der Waals surface area contributed by atoms with Gasteiger partial charge < -0.3 is 9.30 Å². The first kappa shape index (κ1) is 22.8. The van der Waals surface area contributed by atoms with E-state index < -0.39 is 0 Å². The number of esters is 1. The SMILES string of the molecule is Cc1cc(C(=O)COC(=O)CC2CCCC2)c(C)n1-c1c(C)n(C)n(-c2ccccc2)c1=O. The third-order valence-corrected chi connectivity index (χ3v) is 6.77. The van der Waals surface area contributed by atoms with Gasteiger partial charge in [0.1, 0.15) is 5.69 Å². The highest BCUT2D eigenvalue weighted by molar-refractivity contribution is 5.99. The number of rotatable bonds is 7. The lowest BCUT2D eigenvalue weighted by molar-refractivity contribution is -0.143. The molecule has 1 saturated carbocycles. The second-order valence-electron chi connectivity index (χ2n) is 8.97. The van der Waals surface area contributed by atoms with Crippen molar-refractivity contribution in [3.8, 4) is 11.4 Å². The molecule has 0 amide bonds. The summed E-state index contributed by atoms with van der Waals surface area (Å²) < 4.78 is 10.6. The second kappa shape index (κ2) is 9.25. The van der Waals surface area contributed by atoms with Gasteiger partial charge >= 0.3 is 5.97 Å². The van der Waals surface area contributed by atoms with Crippen LogP contribution in [-0.2, 0) is 16.6 Å². The fourth-order valence-corrected chi connectivity index (χ4v) is 4.93. The average Bonchev–Trinajstić information content (AvgIpc) is 3.46. The first-order chi connectivity index (χ1) is 15.8. The number of ketones is 1. The number of aromatic nitrogens is 3. The highest BCUT2D eigenvalue weighted by Crippen LogP contribution is 2.28. The Bertz CT molecular complexity index is 1240. The predicted molar refractivity (Wildman–Crippen MR) is 126 cm³/mol. The fraction of sp³-hybridized carbons (Fsp3) is 0.423. The maximum Gasteiger partial charge on any atom is 0.306 e. The molecule has 0 N–H and O–H groups in total. The highest BCUT2D eigenvalue weighted by atomic mass is 16.5. The van der Waals surface area contributed by atoms with Gasteiger partial charge in [0.05, 0.1) is 11.4 Å². The van der Waals surface area contributed by atoms with Crippen LogP contribution in [0.15, 0.2) is 41.2 Å². The molecule has 4 rings (SSSR count). The Morgan fingerprint density at radius 3 is 2.36 bits per heavy atom. The average molecular weight is 450 g/mol. The summed E-state index contributed by atoms with van der Waals surface area (Å²) in [4.78, 5) is 38.5. The molecule has 0 atom stereocenters. The normalized spacial score (nSPS) is 14.1. The first-order valence-electron chi connectivity index (χ1n) is 11.5. The number of hydrogen-bond donors (Lipinski definition) is 0. The Labute approximate surface area is 193 Å². The second-order valence-corrected chi connectivity index (χ2v) is 8.97. The molecule has 0 spiro atoms. The van der Waals surface area contributed by atoms with Gasteiger partial charge in [0.15, 0.2) is 6.61 Å². The molecule has 3 aromatic rings. The van der Waals surface area contributed by atoms with Gasteiger partial charge in [-0.3, -0.25) is 19.1 Å². The first-order valence-corrected chi connectivity index (χ1v) is 11.5. The summed E-state index contributed by atoms with van der Waals surface area (Å²) in [5.74, 6) is -0.190. The third kappa shape index (κ3) is 4.32. The van der Waals surface area contributed by atoms with Gasteiger partial charge in [-0.25, -0.2) is 4.68 Å². The van der Waals surface area contributed by atoms with Crippen molar-refractivity contribution in [1.82, 2.24) is 13.9 Å². The van der Waals surface area contributed by atoms with E-state index in [1.807, 2.05) is 67.4 Å². The Morgan fingerprint density at radius 1 is 1.03 bits per heavy atom. The van der Waals surface area contributed by atoms with Crippen molar-refractivity contribution in [2.45, 2.75) is 52.9 Å². The Kier molecular flexibility index (Phi) is 6.40. The molecule has 1 aliphatic carbocycles. The van der Waals surface area contributed by atoms with Crippen LogP contribution in [0.3, 0.4) is 0 Å². The number of nitrogens with zero attached hydrogens (tertiary/aromatic N) is 3. The minimum absolute atomic E-state index is 0.162. The van der Waals surface area contributed by atoms with Gasteiger partial charge in [-0.1, -0.05) is 31.0 Å². The van der Waals surface area contributed by atoms with E-state index in [0.29, 0.717) is 29.3 Å². The lowest BCUT2D eigenvalue weighted by atomic mass is 10.0. The lowest BCUT2D eigenvalue weighted by Crippen LogP contribution is -2.22. The quantitative estimate of drug-likeness (QED) is 0.400. The maximum absolute atomic E-state index is 13.4. The molecule has 0 radical (unpaired) electrons. The van der Waals surface area contributed by atoms with Crippen molar-refractivity contribution in [1.29, 1.82) is 0 Å². The third-order valence-electron chi connectivity index (χ3n) is 6.77. The van der Waals surface area contributed by atoms with Crippen LogP contribution in [0.5, 0.6) is 0 Å². The van der Waals surface area contributed by atoms with Crippen molar-refractivity contribution in [3.05, 3.63) is 69.4 Å². The van der Waals surface area contributed by atoms with Crippen LogP contribution < -0.4 is 5.56 Å². The predicted octanol–water partition coefficient (Wildman–Crippen LogP) is 4.20. The minimum Gasteiger partial charge on any atom is -0.457 e. The molecule has 0 unspecified atom stereocenters. The summed E-state index contributed by atoms with van der Waals surface area (Å²) in [6, 6.07) is 11.2. The van der Waals surface area contributed by atoms with Gasteiger partial charge in [-0.2, -0.15) is 0 Å². The zero-order valence-electron chi connectivity index (χ0n) is 19.8. The molecule has 1 aliphatic rings. The van der Waals surface area contributed by atoms with E-state index in [2.05, 4.69) is 0 Å². The summed E-state index contributed by atoms with van der Waals surface area (Å²) in [6.07, 6.45) is 4.82. The molecule has 33 heavy (non-hydrogen) atoms. The zero-order chi connectivity index (χ0) is 23.7. The number of aryl methyl sites for hydroxylation is 1. The molecule has 7 nitrogen and oxygen atoms in total. The highest BCUT2D eigenvalue weighted by Gasteiger charge is 2.25. The summed E-state index contributed by atoms with van der Waals surface area (Å²) in [7, 11) is 1.84. The number of para-hydroxylation sites is 1. The van der Waals surface area contributed by atoms with Gasteiger partial charge in [0, 0.05) is 30.4 Å². The van der Waals surface area contributed by atoms with Crippen LogP contribution in [0.25, 0.3) is 11.4 Å². The van der Waals surface area contributed by atoms with E-state index in [9.17, 15) is 14.4 Å². The molecule has 2 heterocycles. The standard InChI is InChI=1S/C26H31N3O4/c1-17-14-22(23(30)16-33-24(31)15-20-10-8-9-11-20)18(2)28(17)25-19(3)27(4)29(26(25)32)21-12-6-5-7-13-21/h5-7,12-14,20H,8-11,15-16H2,1-4H3. The topological polar surface area (TPSA) is 75.2 Å². The molecule has 0 bridgehead atoms. The molecule has 1 aromatic carbocycles. The van der Waals surface area contributed by atoms with Crippen molar-refractivity contribution in [2.24, 2.45) is 13.0 Å². The van der Waals surface area contributed by atoms with Crippen molar-refractivity contribution >= 4 is 11.8 Å². The van der Waals surface area contributed by atoms with E-state index >= 15 is 0 Å². The van der Waals surface area contributed by atoms with Crippen molar-refractivity contribution in [3.63, 3.8) is 0 Å². The van der Waals surface area contributed by atoms with Gasteiger partial charge in [-0.15, -0.1) is 0 Å². The number of carbonyl (C=O) groups is 2. The molecular formula is C26H31N3O4. The van der Waals surface area contributed by atoms with Gasteiger partial charge in [0.25, 0.3) is 5.56 Å². The summed E-state index contributed by atoms with van der Waals surface area (Å²) >= 11 is 0. The number of Topliss-reactive ketones (excluding diaryl/α,β-unsaturated/α-hetero) is 1. The van der Waals surface area contributed by atoms with Crippen LogP contribution in [0.2, 0.25) is 0 Å². The van der Waals surface area contributed by atoms with E-state index in [-0.39, 0.29) is 23.9 Å². The zero-order valence-corrected chi connectivity index (χ0v) is 19.8. The van der Waals surface area contributed by atoms with E-state index in [1.54, 1.807) is 10.7 Å². The van der Waals surface area contributed by atoms with Crippen LogP contribution in [0, 0.1) is 26.7 Å². The molecule has 7 heteroatoms. The van der Waals surface area contributed by atoms with Crippen LogP contribution >= 0.6 is 0 Å². The van der Waals surface area contributed by atoms with E-state index in [0.717, 1.165) is 42.8 Å². The Morgan fingerprint density at radius 2 is 1.70 bits per heavy atom. The maximum atomic E-state index is 13.4. The van der Waals surface area contributed by atoms with E-state index in [1.165, 1.54) is 0 Å². The van der Waals surface area contributed by atoms with Crippen LogP contribution in [0.1, 0.15) is 59.5 Å². The largest absolute Gasteiger partial charge is 0.457 e. The molecule has 2 aromatic heterocycles. The van der Waals surface area contributed by atoms with Crippen LogP contribution in [-0.4, -0.2) is 32.3 Å². The number of benzene rings is 1. The Balaban J connectivity index is 1.60. The number of hydrogen-bond acceptors (Lipinski definition) is 4. The van der Waals surface area contributed by atoms with Crippen molar-refractivity contribution in [2.75, 3.05) is 6.61 Å². The lowest BCUT2D eigenvalue weighted by Gasteiger charge is -2.10. The van der Waals surface area contributed by atoms with Gasteiger partial charge in [-0.05, 0) is 57.7 Å². The fourth-order valence-electron chi connectivity index (χ4n) is 4.93. The number of ether oxygens (including phenoxy) is 1. The van der Waals surface area contributed by atoms with Crippen LogP contribution in [0.4, 0.5) is 0 Å². The molecule has 0 saturated heterocycles. The van der Waals surface area contributed by atoms with E-state index in [4.69, 9.17) is 4.74 Å². The van der Waals surface area contributed by atoms with Gasteiger partial charge in [0.2, 0.25) is 5.78 Å². The molecule has 174 valence electrons. The smallest absolute Gasteiger partial charge is 0.306 e. The summed E-state index contributed by atoms with van der Waals surface area (Å²) in [6.45, 7) is 5.30. The number of carbonyl (C=O) groups excluding carboxylic acids is 2. The Hall–Kier alpha value is -3.35. The molecule has 1 fully saturated rings. The monoisotopic (exact) mass is 449 g/mol. The van der Waals surface area contributed by atoms with Crippen molar-refractivity contribution < 1.29 is 14.3 Å².